The van der Waals surface area contributed by atoms with Gasteiger partial charge in [-0.15, -0.1) is 0 Å². The van der Waals surface area contributed by atoms with Crippen molar-refractivity contribution in [3.05, 3.63) is 53.2 Å². The predicted octanol–water partition coefficient (Wildman–Crippen LogP) is 2.38. The summed E-state index contributed by atoms with van der Waals surface area (Å²) in [4.78, 5) is 19.1. The quantitative estimate of drug-likeness (QED) is 0.866. The van der Waals surface area contributed by atoms with Crippen molar-refractivity contribution in [1.82, 2.24) is 9.88 Å². The van der Waals surface area contributed by atoms with Gasteiger partial charge in [0.1, 0.15) is 11.5 Å². The zero-order chi connectivity index (χ0) is 16.6. The van der Waals surface area contributed by atoms with E-state index in [0.29, 0.717) is 26.3 Å². The lowest BCUT2D eigenvalue weighted by molar-refractivity contribution is -0.169. The molecule has 3 heterocycles. The molecule has 1 aromatic heterocycles. The first-order valence-corrected chi connectivity index (χ1v) is 8.53. The number of carbonyl (C=O) groups excluding carboxylic acids is 1. The van der Waals surface area contributed by atoms with Gasteiger partial charge in [-0.1, -0.05) is 30.3 Å². The van der Waals surface area contributed by atoms with Crippen molar-refractivity contribution >= 4 is 5.91 Å². The Hall–Kier alpha value is -2.14. The zero-order valence-corrected chi connectivity index (χ0v) is 14.0. The Morgan fingerprint density at radius 2 is 2.04 bits per heavy atom. The van der Waals surface area contributed by atoms with Gasteiger partial charge < -0.3 is 14.1 Å². The largest absolute Gasteiger partial charge is 0.445 e. The van der Waals surface area contributed by atoms with Crippen molar-refractivity contribution < 1.29 is 13.9 Å². The number of aromatic nitrogens is 1. The highest BCUT2D eigenvalue weighted by Gasteiger charge is 2.44. The molecule has 4 rings (SSSR count). The van der Waals surface area contributed by atoms with Gasteiger partial charge in [0.25, 0.3) is 0 Å². The van der Waals surface area contributed by atoms with Crippen LogP contribution in [-0.2, 0) is 35.3 Å². The molecular formula is C19H22N2O3. The molecule has 2 aliphatic heterocycles. The van der Waals surface area contributed by atoms with Crippen LogP contribution in [0.25, 0.3) is 0 Å². The van der Waals surface area contributed by atoms with Crippen LogP contribution >= 0.6 is 0 Å². The average Bonchev–Trinajstić information content (AvgIpc) is 3.00. The van der Waals surface area contributed by atoms with E-state index in [0.717, 1.165) is 36.6 Å². The number of nitrogens with zero attached hydrogens (tertiary/aromatic N) is 2. The molecule has 0 aliphatic carbocycles. The lowest BCUT2D eigenvalue weighted by Gasteiger charge is -2.41. The van der Waals surface area contributed by atoms with Gasteiger partial charge in [-0.05, 0) is 18.9 Å². The van der Waals surface area contributed by atoms with Gasteiger partial charge in [0.15, 0.2) is 5.89 Å². The van der Waals surface area contributed by atoms with Crippen molar-refractivity contribution in [2.45, 2.75) is 32.7 Å². The average molecular weight is 326 g/mol. The maximum atomic E-state index is 12.6. The number of ether oxygens (including phenoxy) is 1. The normalized spacial score (nSPS) is 18.8. The first kappa shape index (κ1) is 15.4. The fourth-order valence-electron chi connectivity index (χ4n) is 3.34. The maximum absolute atomic E-state index is 12.6. The Kier molecular flexibility index (Phi) is 3.88. The van der Waals surface area contributed by atoms with E-state index in [4.69, 9.17) is 9.15 Å². The summed E-state index contributed by atoms with van der Waals surface area (Å²) in [7, 11) is 0. The molecule has 5 heteroatoms. The zero-order valence-electron chi connectivity index (χ0n) is 14.0. The summed E-state index contributed by atoms with van der Waals surface area (Å²) < 4.78 is 11.1. The molecule has 1 saturated heterocycles. The minimum atomic E-state index is -0.350. The number of fused-ring (bicyclic) bond motifs is 1. The van der Waals surface area contributed by atoms with Crippen LogP contribution < -0.4 is 0 Å². The Bertz CT molecular complexity index is 734. The molecule has 1 fully saturated rings. The Balaban J connectivity index is 1.41. The van der Waals surface area contributed by atoms with Crippen molar-refractivity contribution in [3.8, 4) is 0 Å². The van der Waals surface area contributed by atoms with Crippen molar-refractivity contribution in [2.75, 3.05) is 19.8 Å². The number of aryl methyl sites for hydroxylation is 2. The third kappa shape index (κ3) is 2.84. The molecule has 0 N–H and O–H groups in total. The third-order valence-corrected chi connectivity index (χ3v) is 4.89. The Morgan fingerprint density at radius 3 is 2.75 bits per heavy atom. The van der Waals surface area contributed by atoms with Crippen molar-refractivity contribution in [3.63, 3.8) is 0 Å². The topological polar surface area (TPSA) is 55.6 Å². The summed E-state index contributed by atoms with van der Waals surface area (Å²) in [6.07, 6.45) is 2.45. The van der Waals surface area contributed by atoms with Crippen LogP contribution in [0.5, 0.6) is 0 Å². The second-order valence-electron chi connectivity index (χ2n) is 6.99. The molecule has 1 aromatic carbocycles. The number of carbonyl (C=O) groups is 1. The minimum Gasteiger partial charge on any atom is -0.445 e. The number of hydrogen-bond acceptors (Lipinski definition) is 4. The molecule has 1 amide bonds. The number of rotatable bonds is 4. The number of amides is 1. The van der Waals surface area contributed by atoms with Crippen LogP contribution in [0.3, 0.4) is 0 Å². The summed E-state index contributed by atoms with van der Waals surface area (Å²) in [5, 5.41) is 0. The fraction of sp³-hybridized carbons (Fsp3) is 0.474. The molecule has 0 saturated carbocycles. The van der Waals surface area contributed by atoms with E-state index in [1.54, 1.807) is 0 Å². The van der Waals surface area contributed by atoms with E-state index in [9.17, 15) is 4.79 Å². The predicted molar refractivity (Wildman–Crippen MR) is 88.4 cm³/mol. The van der Waals surface area contributed by atoms with Crippen LogP contribution in [0.1, 0.15) is 29.8 Å². The monoisotopic (exact) mass is 326 g/mol. The van der Waals surface area contributed by atoms with Crippen LogP contribution in [0.4, 0.5) is 0 Å². The van der Waals surface area contributed by atoms with E-state index in [1.807, 2.05) is 30.0 Å². The van der Waals surface area contributed by atoms with E-state index in [2.05, 4.69) is 17.1 Å². The second kappa shape index (κ2) is 6.06. The Morgan fingerprint density at radius 1 is 1.25 bits per heavy atom. The summed E-state index contributed by atoms with van der Waals surface area (Å²) in [5.74, 6) is 1.89. The summed E-state index contributed by atoms with van der Waals surface area (Å²) >= 11 is 0. The van der Waals surface area contributed by atoms with Crippen LogP contribution in [0, 0.1) is 5.41 Å². The molecular weight excluding hydrogens is 304 g/mol. The van der Waals surface area contributed by atoms with E-state index >= 15 is 0 Å². The smallest absolute Gasteiger partial charge is 0.233 e. The second-order valence-corrected chi connectivity index (χ2v) is 6.99. The first-order valence-electron chi connectivity index (χ1n) is 8.53. The van der Waals surface area contributed by atoms with Gasteiger partial charge in [0.05, 0.1) is 25.2 Å². The summed E-state index contributed by atoms with van der Waals surface area (Å²) in [6.45, 7) is 4.28. The van der Waals surface area contributed by atoms with Gasteiger partial charge in [0, 0.05) is 19.4 Å². The molecule has 0 bridgehead atoms. The number of benzene rings is 1. The molecule has 2 aromatic rings. The van der Waals surface area contributed by atoms with Gasteiger partial charge in [-0.3, -0.25) is 4.79 Å². The Labute approximate surface area is 141 Å². The third-order valence-electron chi connectivity index (χ3n) is 4.89. The minimum absolute atomic E-state index is 0.174. The molecule has 126 valence electrons. The van der Waals surface area contributed by atoms with Crippen LogP contribution in [-0.4, -0.2) is 35.5 Å². The lowest BCUT2D eigenvalue weighted by Crippen LogP contribution is -2.54. The van der Waals surface area contributed by atoms with E-state index in [1.165, 1.54) is 5.56 Å². The standard InChI is InChI=1S/C19H22N2O3/c1-19(12-23-13-19)18(22)21-10-9-16-15(11-21)20-17(24-16)8-7-14-5-3-2-4-6-14/h2-6H,7-13H2,1H3. The summed E-state index contributed by atoms with van der Waals surface area (Å²) in [6, 6.07) is 10.3. The van der Waals surface area contributed by atoms with Gasteiger partial charge in [-0.25, -0.2) is 4.98 Å². The van der Waals surface area contributed by atoms with Crippen LogP contribution in [0.2, 0.25) is 0 Å². The first-order chi connectivity index (χ1) is 11.6. The number of hydrogen-bond donors (Lipinski definition) is 0. The molecule has 0 radical (unpaired) electrons. The SMILES string of the molecule is CC1(C(=O)N2CCc3oc(CCc4ccccc4)nc3C2)COC1. The molecule has 0 unspecified atom stereocenters. The van der Waals surface area contributed by atoms with E-state index in [-0.39, 0.29) is 11.3 Å². The van der Waals surface area contributed by atoms with Crippen LogP contribution in [0.15, 0.2) is 34.7 Å². The van der Waals surface area contributed by atoms with Crippen molar-refractivity contribution in [1.29, 1.82) is 0 Å². The molecule has 0 spiro atoms. The summed E-state index contributed by atoms with van der Waals surface area (Å²) in [5.41, 5.74) is 1.85. The lowest BCUT2D eigenvalue weighted by atomic mass is 9.86. The molecule has 2 aliphatic rings. The highest BCUT2D eigenvalue weighted by atomic mass is 16.5. The van der Waals surface area contributed by atoms with Gasteiger partial charge >= 0.3 is 0 Å². The number of oxazole rings is 1. The van der Waals surface area contributed by atoms with Gasteiger partial charge in [0.2, 0.25) is 5.91 Å². The molecule has 5 nitrogen and oxygen atoms in total. The van der Waals surface area contributed by atoms with Crippen molar-refractivity contribution in [2.24, 2.45) is 5.41 Å². The van der Waals surface area contributed by atoms with Gasteiger partial charge in [-0.2, -0.15) is 0 Å². The fourth-order valence-corrected chi connectivity index (χ4v) is 3.34. The maximum Gasteiger partial charge on any atom is 0.233 e. The molecule has 0 atom stereocenters. The molecule has 24 heavy (non-hydrogen) atoms. The highest BCUT2D eigenvalue weighted by Crippen LogP contribution is 2.31. The van der Waals surface area contributed by atoms with E-state index < -0.39 is 0 Å². The highest BCUT2D eigenvalue weighted by molar-refractivity contribution is 5.83.